The monoisotopic (exact) mass is 266 g/mol. The molecule has 1 N–H and O–H groups in total. The van der Waals surface area contributed by atoms with Crippen molar-refractivity contribution in [3.05, 3.63) is 35.6 Å². The first-order valence-electron chi connectivity index (χ1n) is 7.06. The quantitative estimate of drug-likeness (QED) is 0.777. The third-order valence-electron chi connectivity index (χ3n) is 3.45. The second kappa shape index (κ2) is 7.61. The van der Waals surface area contributed by atoms with Gasteiger partial charge in [0.25, 0.3) is 0 Å². The van der Waals surface area contributed by atoms with Gasteiger partial charge in [-0.3, -0.25) is 0 Å². The van der Waals surface area contributed by atoms with Crippen LogP contribution in [-0.2, 0) is 6.54 Å². The van der Waals surface area contributed by atoms with Crippen molar-refractivity contribution in [2.45, 2.75) is 33.2 Å². The topological polar surface area (TPSA) is 15.3 Å². The average Bonchev–Trinajstić information content (AvgIpc) is 2.28. The standard InChI is InChI=1S/C16H27FN2/c1-5-9-16(2,12-18-3)13-19(4)11-14-7-6-8-15(17)10-14/h6-8,10,18H,5,9,11-13H2,1-4H3. The van der Waals surface area contributed by atoms with Crippen LogP contribution in [0.4, 0.5) is 4.39 Å². The lowest BCUT2D eigenvalue weighted by Crippen LogP contribution is -2.39. The summed E-state index contributed by atoms with van der Waals surface area (Å²) in [6.07, 6.45) is 2.38. The van der Waals surface area contributed by atoms with Gasteiger partial charge in [-0.25, -0.2) is 4.39 Å². The summed E-state index contributed by atoms with van der Waals surface area (Å²) in [5.74, 6) is -0.155. The molecule has 1 aromatic rings. The minimum Gasteiger partial charge on any atom is -0.319 e. The number of rotatable bonds is 8. The molecule has 0 amide bonds. The molecule has 0 fully saturated rings. The first-order valence-corrected chi connectivity index (χ1v) is 7.06. The van der Waals surface area contributed by atoms with Gasteiger partial charge in [-0.15, -0.1) is 0 Å². The smallest absolute Gasteiger partial charge is 0.123 e. The van der Waals surface area contributed by atoms with Crippen molar-refractivity contribution in [3.63, 3.8) is 0 Å². The predicted molar refractivity (Wildman–Crippen MR) is 79.7 cm³/mol. The van der Waals surface area contributed by atoms with Crippen molar-refractivity contribution in [1.29, 1.82) is 0 Å². The molecular formula is C16H27FN2. The molecule has 1 atom stereocenters. The van der Waals surface area contributed by atoms with Crippen molar-refractivity contribution >= 4 is 0 Å². The maximum atomic E-state index is 13.2. The van der Waals surface area contributed by atoms with Gasteiger partial charge in [0, 0.05) is 19.6 Å². The van der Waals surface area contributed by atoms with Crippen LogP contribution in [0.2, 0.25) is 0 Å². The molecule has 1 aromatic carbocycles. The second-order valence-electron chi connectivity index (χ2n) is 5.89. The molecule has 2 nitrogen and oxygen atoms in total. The zero-order chi connectivity index (χ0) is 14.3. The third kappa shape index (κ3) is 5.70. The van der Waals surface area contributed by atoms with Crippen molar-refractivity contribution < 1.29 is 4.39 Å². The van der Waals surface area contributed by atoms with E-state index in [4.69, 9.17) is 0 Å². The maximum absolute atomic E-state index is 13.2. The molecule has 0 spiro atoms. The van der Waals surface area contributed by atoms with Crippen molar-refractivity contribution in [1.82, 2.24) is 10.2 Å². The Bertz CT molecular complexity index is 373. The van der Waals surface area contributed by atoms with Gasteiger partial charge in [0.1, 0.15) is 5.82 Å². The Morgan fingerprint density at radius 3 is 2.68 bits per heavy atom. The summed E-state index contributed by atoms with van der Waals surface area (Å²) >= 11 is 0. The summed E-state index contributed by atoms with van der Waals surface area (Å²) in [7, 11) is 4.11. The molecule has 0 aliphatic heterocycles. The van der Waals surface area contributed by atoms with Crippen LogP contribution in [0.15, 0.2) is 24.3 Å². The van der Waals surface area contributed by atoms with Crippen molar-refractivity contribution in [2.24, 2.45) is 5.41 Å². The lowest BCUT2D eigenvalue weighted by molar-refractivity contribution is 0.171. The zero-order valence-electron chi connectivity index (χ0n) is 12.7. The molecule has 0 radical (unpaired) electrons. The van der Waals surface area contributed by atoms with E-state index in [0.717, 1.165) is 25.2 Å². The summed E-state index contributed by atoms with van der Waals surface area (Å²) < 4.78 is 13.2. The molecule has 0 aromatic heterocycles. The summed E-state index contributed by atoms with van der Waals surface area (Å²) in [4.78, 5) is 2.28. The number of hydrogen-bond acceptors (Lipinski definition) is 2. The van der Waals surface area contributed by atoms with Crippen molar-refractivity contribution in [2.75, 3.05) is 27.2 Å². The fourth-order valence-electron chi connectivity index (χ4n) is 2.91. The number of nitrogens with one attached hydrogen (secondary N) is 1. The molecule has 0 aliphatic rings. The van der Waals surface area contributed by atoms with E-state index in [2.05, 4.69) is 31.1 Å². The molecule has 108 valence electrons. The minimum atomic E-state index is -0.155. The first-order chi connectivity index (χ1) is 8.99. The largest absolute Gasteiger partial charge is 0.319 e. The van der Waals surface area contributed by atoms with Crippen LogP contribution in [0.25, 0.3) is 0 Å². The van der Waals surface area contributed by atoms with Gasteiger partial charge in [-0.2, -0.15) is 0 Å². The Balaban J connectivity index is 2.59. The fraction of sp³-hybridized carbons (Fsp3) is 0.625. The SMILES string of the molecule is CCCC(C)(CNC)CN(C)Cc1cccc(F)c1. The Morgan fingerprint density at radius 2 is 2.11 bits per heavy atom. The number of halogens is 1. The normalized spacial score (nSPS) is 14.6. The Hall–Kier alpha value is -0.930. The Morgan fingerprint density at radius 1 is 1.37 bits per heavy atom. The first kappa shape index (κ1) is 16.1. The fourth-order valence-corrected chi connectivity index (χ4v) is 2.91. The Labute approximate surface area is 117 Å². The summed E-state index contributed by atoms with van der Waals surface area (Å²) in [5.41, 5.74) is 1.30. The van der Waals surface area contributed by atoms with Crippen LogP contribution in [0.3, 0.4) is 0 Å². The van der Waals surface area contributed by atoms with Crippen LogP contribution in [0.1, 0.15) is 32.3 Å². The van der Waals surface area contributed by atoms with E-state index in [0.29, 0.717) is 0 Å². The molecule has 1 rings (SSSR count). The van der Waals surface area contributed by atoms with Gasteiger partial charge in [0.05, 0.1) is 0 Å². The zero-order valence-corrected chi connectivity index (χ0v) is 12.7. The van der Waals surface area contributed by atoms with Crippen LogP contribution >= 0.6 is 0 Å². The lowest BCUT2D eigenvalue weighted by atomic mass is 9.85. The Kier molecular flexibility index (Phi) is 6.46. The van der Waals surface area contributed by atoms with Gasteiger partial charge in [-0.1, -0.05) is 32.4 Å². The molecule has 0 bridgehead atoms. The van der Waals surface area contributed by atoms with E-state index >= 15 is 0 Å². The minimum absolute atomic E-state index is 0.155. The van der Waals surface area contributed by atoms with E-state index in [-0.39, 0.29) is 11.2 Å². The molecule has 0 heterocycles. The molecule has 0 saturated heterocycles. The number of nitrogens with zero attached hydrogens (tertiary/aromatic N) is 1. The molecule has 3 heteroatoms. The highest BCUT2D eigenvalue weighted by molar-refractivity contribution is 5.16. The van der Waals surface area contributed by atoms with Gasteiger partial charge < -0.3 is 10.2 Å². The van der Waals surface area contributed by atoms with Crippen LogP contribution in [0.5, 0.6) is 0 Å². The predicted octanol–water partition coefficient (Wildman–Crippen LogP) is 3.28. The van der Waals surface area contributed by atoms with Gasteiger partial charge in [0.15, 0.2) is 0 Å². The average molecular weight is 266 g/mol. The van der Waals surface area contributed by atoms with Crippen LogP contribution < -0.4 is 5.32 Å². The maximum Gasteiger partial charge on any atom is 0.123 e. The highest BCUT2D eigenvalue weighted by Gasteiger charge is 2.24. The molecule has 1 unspecified atom stereocenters. The summed E-state index contributed by atoms with van der Waals surface area (Å²) in [6, 6.07) is 6.86. The highest BCUT2D eigenvalue weighted by Crippen LogP contribution is 2.24. The van der Waals surface area contributed by atoms with E-state index in [1.54, 1.807) is 12.1 Å². The number of hydrogen-bond donors (Lipinski definition) is 1. The van der Waals surface area contributed by atoms with Crippen molar-refractivity contribution in [3.8, 4) is 0 Å². The van der Waals surface area contributed by atoms with E-state index in [1.165, 1.54) is 18.9 Å². The van der Waals surface area contributed by atoms with Gasteiger partial charge in [0.2, 0.25) is 0 Å². The number of benzene rings is 1. The van der Waals surface area contributed by atoms with E-state index < -0.39 is 0 Å². The van der Waals surface area contributed by atoms with Crippen LogP contribution in [-0.4, -0.2) is 32.1 Å². The van der Waals surface area contributed by atoms with Crippen LogP contribution in [0, 0.1) is 11.2 Å². The molecular weight excluding hydrogens is 239 g/mol. The summed E-state index contributed by atoms with van der Waals surface area (Å²) in [5, 5.41) is 3.28. The lowest BCUT2D eigenvalue weighted by Gasteiger charge is -2.33. The van der Waals surface area contributed by atoms with E-state index in [1.807, 2.05) is 13.1 Å². The molecule has 0 saturated carbocycles. The van der Waals surface area contributed by atoms with E-state index in [9.17, 15) is 4.39 Å². The van der Waals surface area contributed by atoms with Gasteiger partial charge >= 0.3 is 0 Å². The molecule has 0 aliphatic carbocycles. The second-order valence-corrected chi connectivity index (χ2v) is 5.89. The third-order valence-corrected chi connectivity index (χ3v) is 3.45. The summed E-state index contributed by atoms with van der Waals surface area (Å²) in [6.45, 7) is 7.35. The highest BCUT2D eigenvalue weighted by atomic mass is 19.1. The molecule has 19 heavy (non-hydrogen) atoms. The van der Waals surface area contributed by atoms with Gasteiger partial charge in [-0.05, 0) is 43.6 Å².